The zero-order chi connectivity index (χ0) is 12.2. The number of hydrogen-bond donors (Lipinski definition) is 3. The van der Waals surface area contributed by atoms with Crippen LogP contribution >= 0.6 is 0 Å². The molecule has 1 aromatic rings. The van der Waals surface area contributed by atoms with E-state index >= 15 is 0 Å². The fourth-order valence-corrected chi connectivity index (χ4v) is 1.28. The summed E-state index contributed by atoms with van der Waals surface area (Å²) in [6, 6.07) is 9.52. The monoisotopic (exact) mass is 316 g/mol. The van der Waals surface area contributed by atoms with Gasteiger partial charge in [0.1, 0.15) is 0 Å². The van der Waals surface area contributed by atoms with E-state index in [0.717, 1.165) is 38.6 Å². The topological polar surface area (TPSA) is 63.9 Å². The van der Waals surface area contributed by atoms with Gasteiger partial charge in [0.2, 0.25) is 0 Å². The van der Waals surface area contributed by atoms with Gasteiger partial charge in [0.15, 0.2) is 0 Å². The van der Waals surface area contributed by atoms with Gasteiger partial charge in [-0.15, -0.1) is 0 Å². The maximum atomic E-state index is 8.56. The third-order valence-corrected chi connectivity index (χ3v) is 2.11. The van der Waals surface area contributed by atoms with Crippen molar-refractivity contribution in [2.75, 3.05) is 20.2 Å². The molecule has 1 aromatic carbocycles. The van der Waals surface area contributed by atoms with E-state index < -0.39 is 0 Å². The smallest absolute Gasteiger partial charge is 0.0681 e. The summed E-state index contributed by atoms with van der Waals surface area (Å²) in [7, 11) is 1.00. The number of hydroxylamine groups is 2. The Balaban J connectivity index is 0. The summed E-state index contributed by atoms with van der Waals surface area (Å²) in [6.07, 6.45) is 2.33. The first-order chi connectivity index (χ1) is 7.83. The molecule has 0 saturated carbocycles. The van der Waals surface area contributed by atoms with Crippen LogP contribution in [0, 0.1) is 0 Å². The van der Waals surface area contributed by atoms with Gasteiger partial charge < -0.3 is 15.4 Å². The first-order valence-corrected chi connectivity index (χ1v) is 5.36. The Hall–Kier alpha value is 0.164. The average molecular weight is 316 g/mol. The molecule has 0 atom stereocenters. The summed E-state index contributed by atoms with van der Waals surface area (Å²) in [5.74, 6) is 0. The Morgan fingerprint density at radius 3 is 1.76 bits per heavy atom. The normalized spacial score (nSPS) is 13.6. The Bertz CT molecular complexity index is 241. The van der Waals surface area contributed by atoms with Gasteiger partial charge in [0.05, 0.1) is 6.61 Å². The molecule has 3 N–H and O–H groups in total. The molecule has 1 radical (unpaired) electrons. The van der Waals surface area contributed by atoms with E-state index in [4.69, 9.17) is 15.4 Å². The number of benzene rings is 1. The van der Waals surface area contributed by atoms with Gasteiger partial charge in [-0.3, -0.25) is 0 Å². The summed E-state index contributed by atoms with van der Waals surface area (Å²) in [6.45, 7) is 1.89. The fourth-order valence-electron chi connectivity index (χ4n) is 1.28. The third kappa shape index (κ3) is 11.0. The maximum Gasteiger partial charge on any atom is 0.0681 e. The summed E-state index contributed by atoms with van der Waals surface area (Å²) in [5.41, 5.74) is 0.965. The SMILES string of the molecule is CO.OCc1ccccc1.ON1CCCC1.[Y]. The van der Waals surface area contributed by atoms with Crippen LogP contribution in [0.1, 0.15) is 18.4 Å². The molecule has 17 heavy (non-hydrogen) atoms. The van der Waals surface area contributed by atoms with E-state index in [0.29, 0.717) is 0 Å². The Kier molecular flexibility index (Phi) is 16.3. The summed E-state index contributed by atoms with van der Waals surface area (Å²) in [4.78, 5) is 0. The van der Waals surface area contributed by atoms with Crippen LogP contribution in [0.25, 0.3) is 0 Å². The molecule has 0 spiro atoms. The van der Waals surface area contributed by atoms with Gasteiger partial charge >= 0.3 is 0 Å². The number of aliphatic hydroxyl groups excluding tert-OH is 2. The number of nitrogens with zero attached hydrogens (tertiary/aromatic N) is 1. The van der Waals surface area contributed by atoms with Gasteiger partial charge in [0.25, 0.3) is 0 Å². The van der Waals surface area contributed by atoms with Crippen LogP contribution in [0.2, 0.25) is 0 Å². The fraction of sp³-hybridized carbons (Fsp3) is 0.500. The van der Waals surface area contributed by atoms with Crippen LogP contribution in [-0.4, -0.2) is 40.7 Å². The average Bonchev–Trinajstić information content (AvgIpc) is 2.85. The zero-order valence-electron chi connectivity index (χ0n) is 10.3. The second kappa shape index (κ2) is 14.2. The van der Waals surface area contributed by atoms with Crippen LogP contribution < -0.4 is 0 Å². The maximum absolute atomic E-state index is 8.56. The van der Waals surface area contributed by atoms with Crippen molar-refractivity contribution in [1.82, 2.24) is 5.06 Å². The molecule has 1 fully saturated rings. The predicted octanol–water partition coefficient (Wildman–Crippen LogP) is 1.26. The largest absolute Gasteiger partial charge is 0.400 e. The number of hydrogen-bond acceptors (Lipinski definition) is 4. The van der Waals surface area contributed by atoms with Gasteiger partial charge in [0, 0.05) is 52.9 Å². The summed E-state index contributed by atoms with van der Waals surface area (Å²) >= 11 is 0. The molecule has 1 heterocycles. The van der Waals surface area contributed by atoms with E-state index in [9.17, 15) is 0 Å². The first-order valence-electron chi connectivity index (χ1n) is 5.36. The molecule has 95 valence electrons. The molecule has 0 bridgehead atoms. The zero-order valence-corrected chi connectivity index (χ0v) is 13.1. The molecule has 0 aliphatic carbocycles. The van der Waals surface area contributed by atoms with E-state index in [-0.39, 0.29) is 39.3 Å². The van der Waals surface area contributed by atoms with Gasteiger partial charge in [-0.1, -0.05) is 30.3 Å². The second-order valence-corrected chi connectivity index (χ2v) is 3.30. The van der Waals surface area contributed by atoms with Gasteiger partial charge in [-0.2, -0.15) is 5.06 Å². The molecule has 0 amide bonds. The predicted molar refractivity (Wildman–Crippen MR) is 63.1 cm³/mol. The first kappa shape index (κ1) is 19.5. The minimum absolute atomic E-state index is 0. The van der Waals surface area contributed by atoms with Crippen molar-refractivity contribution in [2.45, 2.75) is 19.4 Å². The van der Waals surface area contributed by atoms with E-state index in [1.165, 1.54) is 5.06 Å². The number of rotatable bonds is 1. The van der Waals surface area contributed by atoms with Crippen molar-refractivity contribution < 1.29 is 48.1 Å². The van der Waals surface area contributed by atoms with Gasteiger partial charge in [-0.05, 0) is 18.4 Å². The van der Waals surface area contributed by atoms with Gasteiger partial charge in [-0.25, -0.2) is 0 Å². The summed E-state index contributed by atoms with van der Waals surface area (Å²) < 4.78 is 0. The number of aliphatic hydroxyl groups is 2. The molecule has 5 heteroatoms. The van der Waals surface area contributed by atoms with Crippen LogP contribution in [0.15, 0.2) is 30.3 Å². The molecule has 0 aromatic heterocycles. The molecule has 0 unspecified atom stereocenters. The molecule has 4 nitrogen and oxygen atoms in total. The molecule has 2 rings (SSSR count). The standard InChI is InChI=1S/C7H8O.C4H9NO.CH4O.Y/c8-6-7-4-2-1-3-5-7;6-5-3-1-2-4-5;1-2;/h1-5,8H,6H2;6H,1-4H2;2H,1H3;. The minimum atomic E-state index is 0. The molecular formula is C12H21NO3Y. The van der Waals surface area contributed by atoms with Crippen LogP contribution in [0.3, 0.4) is 0 Å². The van der Waals surface area contributed by atoms with E-state index in [2.05, 4.69) is 0 Å². The van der Waals surface area contributed by atoms with Crippen molar-refractivity contribution in [2.24, 2.45) is 0 Å². The van der Waals surface area contributed by atoms with E-state index in [1.807, 2.05) is 30.3 Å². The second-order valence-electron chi connectivity index (χ2n) is 3.30. The van der Waals surface area contributed by atoms with Crippen molar-refractivity contribution in [3.63, 3.8) is 0 Å². The molecule has 1 saturated heterocycles. The quantitative estimate of drug-likeness (QED) is 0.730. The van der Waals surface area contributed by atoms with Crippen molar-refractivity contribution in [1.29, 1.82) is 0 Å². The van der Waals surface area contributed by atoms with Crippen LogP contribution in [-0.2, 0) is 39.3 Å². The molecule has 1 aliphatic rings. The Morgan fingerprint density at radius 1 is 1.06 bits per heavy atom. The summed E-state index contributed by atoms with van der Waals surface area (Å²) in [5, 5.41) is 25.5. The van der Waals surface area contributed by atoms with Crippen molar-refractivity contribution in [3.05, 3.63) is 35.9 Å². The third-order valence-electron chi connectivity index (χ3n) is 2.11. The molecular weight excluding hydrogens is 295 g/mol. The van der Waals surface area contributed by atoms with E-state index in [1.54, 1.807) is 0 Å². The van der Waals surface area contributed by atoms with Crippen molar-refractivity contribution in [3.8, 4) is 0 Å². The van der Waals surface area contributed by atoms with Crippen LogP contribution in [0.5, 0.6) is 0 Å². The Morgan fingerprint density at radius 2 is 1.53 bits per heavy atom. The Labute approximate surface area is 128 Å². The molecule has 1 aliphatic heterocycles. The minimum Gasteiger partial charge on any atom is -0.400 e. The van der Waals surface area contributed by atoms with Crippen molar-refractivity contribution >= 4 is 0 Å². The van der Waals surface area contributed by atoms with Crippen LogP contribution in [0.4, 0.5) is 0 Å².